The smallest absolute Gasteiger partial charge is 0.307 e. The van der Waals surface area contributed by atoms with E-state index >= 15 is 0 Å². The van der Waals surface area contributed by atoms with Crippen molar-refractivity contribution in [2.24, 2.45) is 0 Å². The summed E-state index contributed by atoms with van der Waals surface area (Å²) in [5.74, 6) is -0.207. The molecule has 0 aliphatic rings. The average molecular weight is 282 g/mol. The molecular weight excluding hydrogens is 264 g/mol. The van der Waals surface area contributed by atoms with Crippen LogP contribution in [-0.4, -0.2) is 16.5 Å². The summed E-state index contributed by atoms with van der Waals surface area (Å²) in [6.45, 7) is 3.82. The predicted octanol–water partition coefficient (Wildman–Crippen LogP) is 2.37. The fraction of sp³-hybridized carbons (Fsp3) is 0.118. The van der Waals surface area contributed by atoms with Gasteiger partial charge in [-0.1, -0.05) is 66.7 Å². The number of benzene rings is 2. The Morgan fingerprint density at radius 1 is 1.05 bits per heavy atom. The molecule has 0 aliphatic carbocycles. The van der Waals surface area contributed by atoms with E-state index in [1.165, 1.54) is 0 Å². The van der Waals surface area contributed by atoms with Crippen molar-refractivity contribution in [3.63, 3.8) is 0 Å². The van der Waals surface area contributed by atoms with E-state index in [4.69, 9.17) is 4.43 Å². The molecule has 0 heterocycles. The van der Waals surface area contributed by atoms with Crippen molar-refractivity contribution in [3.05, 3.63) is 84.4 Å². The Labute approximate surface area is 122 Å². The van der Waals surface area contributed by atoms with Gasteiger partial charge in [0.25, 0.3) is 0 Å². The molecule has 0 amide bonds. The first-order valence-electron chi connectivity index (χ1n) is 6.56. The third kappa shape index (κ3) is 2.45. The van der Waals surface area contributed by atoms with Crippen LogP contribution in [0.25, 0.3) is 0 Å². The molecule has 102 valence electrons. The second-order valence-corrected chi connectivity index (χ2v) is 5.03. The minimum atomic E-state index is -0.800. The second kappa shape index (κ2) is 6.35. The normalized spacial score (nSPS) is 11.0. The molecule has 2 aromatic rings. The molecule has 2 aromatic carbocycles. The number of allylic oxidation sites excluding steroid dienone is 1. The molecule has 0 spiro atoms. The van der Waals surface area contributed by atoms with E-state index in [2.05, 4.69) is 6.58 Å². The fourth-order valence-electron chi connectivity index (χ4n) is 2.56. The summed E-state index contributed by atoms with van der Waals surface area (Å²) in [4.78, 5) is 12.6. The lowest BCUT2D eigenvalue weighted by Gasteiger charge is -2.31. The van der Waals surface area contributed by atoms with Crippen molar-refractivity contribution in [1.82, 2.24) is 0 Å². The summed E-state index contributed by atoms with van der Waals surface area (Å²) < 4.78 is 5.23. The number of hydrogen-bond donors (Lipinski definition) is 0. The van der Waals surface area contributed by atoms with Crippen LogP contribution in [0.4, 0.5) is 0 Å². The maximum atomic E-state index is 12.6. The zero-order chi connectivity index (χ0) is 14.4. The highest BCUT2D eigenvalue weighted by Gasteiger charge is 2.41. The van der Waals surface area contributed by atoms with Gasteiger partial charge in [-0.2, -0.15) is 0 Å². The molecule has 2 rings (SSSR count). The lowest BCUT2D eigenvalue weighted by molar-refractivity contribution is -0.138. The summed E-state index contributed by atoms with van der Waals surface area (Å²) in [6, 6.07) is 19.5. The van der Waals surface area contributed by atoms with Crippen LogP contribution < -0.4 is 0 Å². The van der Waals surface area contributed by atoms with Crippen LogP contribution in [0.1, 0.15) is 17.5 Å². The van der Waals surface area contributed by atoms with E-state index in [0.717, 1.165) is 11.1 Å². The highest BCUT2D eigenvalue weighted by Crippen LogP contribution is 2.37. The standard InChI is InChI=1S/C17H18O2Si/c1-2-13-17(16(18)19-20,14-9-5-3-6-10-14)15-11-7-4-8-12-15/h2-12H,1,13H2,20H3. The van der Waals surface area contributed by atoms with Crippen molar-refractivity contribution >= 4 is 16.5 Å². The maximum Gasteiger partial charge on any atom is 0.307 e. The molecule has 0 aromatic heterocycles. The number of rotatable bonds is 5. The first-order chi connectivity index (χ1) is 9.75. The summed E-state index contributed by atoms with van der Waals surface area (Å²) in [5, 5.41) is 0. The molecule has 3 heteroatoms. The third-order valence-electron chi connectivity index (χ3n) is 3.52. The van der Waals surface area contributed by atoms with Crippen molar-refractivity contribution in [3.8, 4) is 0 Å². The van der Waals surface area contributed by atoms with Gasteiger partial charge in [0, 0.05) is 0 Å². The van der Waals surface area contributed by atoms with E-state index in [0.29, 0.717) is 16.9 Å². The average Bonchev–Trinajstić information content (AvgIpc) is 2.53. The van der Waals surface area contributed by atoms with Crippen molar-refractivity contribution in [1.29, 1.82) is 0 Å². The third-order valence-corrected chi connectivity index (χ3v) is 3.89. The van der Waals surface area contributed by atoms with E-state index < -0.39 is 5.41 Å². The first-order valence-corrected chi connectivity index (χ1v) is 7.37. The van der Waals surface area contributed by atoms with Gasteiger partial charge in [0.1, 0.15) is 5.41 Å². The van der Waals surface area contributed by atoms with Gasteiger partial charge in [-0.25, -0.2) is 0 Å². The summed E-state index contributed by atoms with van der Waals surface area (Å²) in [5.41, 5.74) is 1.07. The van der Waals surface area contributed by atoms with Crippen molar-refractivity contribution < 1.29 is 9.22 Å². The predicted molar refractivity (Wildman–Crippen MR) is 84.5 cm³/mol. The summed E-state index contributed by atoms with van der Waals surface area (Å²) >= 11 is 0. The van der Waals surface area contributed by atoms with Crippen molar-refractivity contribution in [2.75, 3.05) is 0 Å². The number of carbonyl (C=O) groups is 1. The molecule has 0 bridgehead atoms. The molecule has 20 heavy (non-hydrogen) atoms. The van der Waals surface area contributed by atoms with Gasteiger partial charge >= 0.3 is 5.97 Å². The van der Waals surface area contributed by atoms with Gasteiger partial charge < -0.3 is 4.43 Å². The molecular formula is C17H18O2Si. The van der Waals surface area contributed by atoms with E-state index in [-0.39, 0.29) is 5.97 Å². The topological polar surface area (TPSA) is 26.3 Å². The largest absolute Gasteiger partial charge is 0.528 e. The molecule has 0 saturated carbocycles. The molecule has 0 fully saturated rings. The van der Waals surface area contributed by atoms with E-state index in [1.54, 1.807) is 6.08 Å². The summed E-state index contributed by atoms with van der Waals surface area (Å²) in [6.07, 6.45) is 2.29. The van der Waals surface area contributed by atoms with Crippen LogP contribution in [0.5, 0.6) is 0 Å². The molecule has 0 unspecified atom stereocenters. The monoisotopic (exact) mass is 282 g/mol. The zero-order valence-electron chi connectivity index (χ0n) is 11.6. The Hall–Kier alpha value is -2.13. The van der Waals surface area contributed by atoms with Gasteiger partial charge in [-0.05, 0) is 17.5 Å². The summed E-state index contributed by atoms with van der Waals surface area (Å²) in [7, 11) is 0.379. The molecule has 0 aliphatic heterocycles. The minimum Gasteiger partial charge on any atom is -0.528 e. The zero-order valence-corrected chi connectivity index (χ0v) is 13.6. The van der Waals surface area contributed by atoms with Gasteiger partial charge in [-0.3, -0.25) is 4.79 Å². The lowest BCUT2D eigenvalue weighted by Crippen LogP contribution is -2.38. The Balaban J connectivity index is 2.69. The van der Waals surface area contributed by atoms with Gasteiger partial charge in [0.15, 0.2) is 0 Å². The van der Waals surface area contributed by atoms with Gasteiger partial charge in [-0.15, -0.1) is 6.58 Å². The second-order valence-electron chi connectivity index (χ2n) is 4.62. The lowest BCUT2D eigenvalue weighted by atomic mass is 9.72. The molecule has 0 radical (unpaired) electrons. The Kier molecular flexibility index (Phi) is 4.53. The first kappa shape index (κ1) is 14.3. The van der Waals surface area contributed by atoms with Crippen molar-refractivity contribution in [2.45, 2.75) is 11.8 Å². The van der Waals surface area contributed by atoms with Crippen LogP contribution in [0.3, 0.4) is 0 Å². The Bertz CT molecular complexity index is 539. The Morgan fingerprint density at radius 3 is 1.85 bits per heavy atom. The van der Waals surface area contributed by atoms with E-state index in [9.17, 15) is 4.79 Å². The van der Waals surface area contributed by atoms with Gasteiger partial charge in [0.05, 0.1) is 0 Å². The molecule has 2 nitrogen and oxygen atoms in total. The molecule has 0 saturated heterocycles. The SMILES string of the molecule is C=CCC(C(=O)O[SiH3])(c1ccccc1)c1ccccc1. The fourth-order valence-corrected chi connectivity index (χ4v) is 2.91. The van der Waals surface area contributed by atoms with Crippen LogP contribution in [0.2, 0.25) is 0 Å². The number of hydrogen-bond acceptors (Lipinski definition) is 2. The highest BCUT2D eigenvalue weighted by molar-refractivity contribution is 6.08. The quantitative estimate of drug-likeness (QED) is 0.622. The Morgan fingerprint density at radius 2 is 1.50 bits per heavy atom. The van der Waals surface area contributed by atoms with Crippen LogP contribution in [0, 0.1) is 0 Å². The maximum absolute atomic E-state index is 12.6. The van der Waals surface area contributed by atoms with Crippen LogP contribution in [-0.2, 0) is 14.6 Å². The molecule has 0 N–H and O–H groups in total. The van der Waals surface area contributed by atoms with Crippen LogP contribution in [0.15, 0.2) is 73.3 Å². The van der Waals surface area contributed by atoms with Crippen LogP contribution >= 0.6 is 0 Å². The minimum absolute atomic E-state index is 0.207. The highest BCUT2D eigenvalue weighted by atomic mass is 28.2. The molecule has 0 atom stereocenters. The van der Waals surface area contributed by atoms with E-state index in [1.807, 2.05) is 60.7 Å². The van der Waals surface area contributed by atoms with Gasteiger partial charge in [0.2, 0.25) is 10.5 Å². The number of carbonyl (C=O) groups excluding carboxylic acids is 1.